The van der Waals surface area contributed by atoms with Crippen LogP contribution in [-0.4, -0.2) is 56.8 Å². The number of methoxy groups -OCH3 is 3. The first kappa shape index (κ1) is 22.2. The average Bonchev–Trinajstić information content (AvgIpc) is 2.82. The number of hydrogen-bond acceptors (Lipinski definition) is 6. The number of fused-ring (bicyclic) bond motifs is 1. The Kier molecular flexibility index (Phi) is 7.18. The second-order valence-electron chi connectivity index (χ2n) is 6.82. The number of rotatable bonds is 9. The van der Waals surface area contributed by atoms with Crippen LogP contribution in [0.3, 0.4) is 0 Å². The zero-order valence-electron chi connectivity index (χ0n) is 18.6. The molecule has 0 fully saturated rings. The Hall–Kier alpha value is -3.48. The van der Waals surface area contributed by atoms with Crippen LogP contribution in [0.5, 0.6) is 23.1 Å². The lowest BCUT2D eigenvalue weighted by molar-refractivity contribution is -0.133. The van der Waals surface area contributed by atoms with Crippen LogP contribution in [0.2, 0.25) is 0 Å². The third-order valence-electron chi connectivity index (χ3n) is 5.14. The predicted octanol–water partition coefficient (Wildman–Crippen LogP) is 4.17. The molecule has 0 atom stereocenters. The van der Waals surface area contributed by atoms with E-state index in [0.29, 0.717) is 36.0 Å². The molecule has 0 unspecified atom stereocenters. The van der Waals surface area contributed by atoms with Crippen LogP contribution >= 0.6 is 0 Å². The zero-order chi connectivity index (χ0) is 22.4. The van der Waals surface area contributed by atoms with Crippen LogP contribution in [0.1, 0.15) is 13.8 Å². The highest BCUT2D eigenvalue weighted by atomic mass is 16.5. The van der Waals surface area contributed by atoms with Crippen molar-refractivity contribution < 1.29 is 23.7 Å². The first-order chi connectivity index (χ1) is 15.0. The molecule has 3 aromatic rings. The summed E-state index contributed by atoms with van der Waals surface area (Å²) >= 11 is 0. The molecule has 7 heteroatoms. The number of carbonyl (C=O) groups is 1. The number of amides is 1. The summed E-state index contributed by atoms with van der Waals surface area (Å²) in [7, 11) is 4.82. The molecule has 0 saturated carbocycles. The summed E-state index contributed by atoms with van der Waals surface area (Å²) in [4.78, 5) is 18.9. The van der Waals surface area contributed by atoms with Gasteiger partial charge in [-0.2, -0.15) is 0 Å². The average molecular weight is 424 g/mol. The van der Waals surface area contributed by atoms with Crippen molar-refractivity contribution in [2.24, 2.45) is 0 Å². The minimum absolute atomic E-state index is 0.0872. The van der Waals surface area contributed by atoms with Crippen LogP contribution in [0.25, 0.3) is 22.0 Å². The Balaban J connectivity index is 2.10. The van der Waals surface area contributed by atoms with Crippen LogP contribution in [0, 0.1) is 0 Å². The molecule has 0 saturated heterocycles. The third-order valence-corrected chi connectivity index (χ3v) is 5.14. The summed E-state index contributed by atoms with van der Waals surface area (Å²) in [5.41, 5.74) is 2.29. The number of pyridine rings is 1. The molecule has 1 amide bonds. The van der Waals surface area contributed by atoms with E-state index in [1.807, 2.05) is 56.3 Å². The second kappa shape index (κ2) is 10.0. The molecule has 0 radical (unpaired) electrons. The van der Waals surface area contributed by atoms with Crippen molar-refractivity contribution in [1.29, 1.82) is 0 Å². The normalized spacial score (nSPS) is 10.6. The van der Waals surface area contributed by atoms with Gasteiger partial charge in [0.25, 0.3) is 5.91 Å². The molecule has 1 heterocycles. The number of carbonyl (C=O) groups excluding carboxylic acids is 1. The monoisotopic (exact) mass is 424 g/mol. The van der Waals surface area contributed by atoms with Gasteiger partial charge in [-0.3, -0.25) is 4.79 Å². The van der Waals surface area contributed by atoms with E-state index in [2.05, 4.69) is 0 Å². The zero-order valence-corrected chi connectivity index (χ0v) is 18.6. The van der Waals surface area contributed by atoms with Crippen molar-refractivity contribution in [3.05, 3.63) is 42.5 Å². The van der Waals surface area contributed by atoms with Crippen molar-refractivity contribution in [3.63, 3.8) is 0 Å². The van der Waals surface area contributed by atoms with E-state index in [4.69, 9.17) is 23.9 Å². The van der Waals surface area contributed by atoms with Gasteiger partial charge in [-0.05, 0) is 37.6 Å². The van der Waals surface area contributed by atoms with Crippen molar-refractivity contribution in [2.45, 2.75) is 13.8 Å². The molecule has 7 nitrogen and oxygen atoms in total. The van der Waals surface area contributed by atoms with Gasteiger partial charge in [0.05, 0.1) is 26.8 Å². The van der Waals surface area contributed by atoms with Gasteiger partial charge in [0.1, 0.15) is 17.2 Å². The van der Waals surface area contributed by atoms with Crippen molar-refractivity contribution in [1.82, 2.24) is 9.88 Å². The molecule has 3 rings (SSSR count). The summed E-state index contributed by atoms with van der Waals surface area (Å²) < 4.78 is 22.1. The van der Waals surface area contributed by atoms with Crippen LogP contribution in [0.4, 0.5) is 0 Å². The number of hydrogen-bond donors (Lipinski definition) is 0. The highest BCUT2D eigenvalue weighted by Crippen LogP contribution is 2.38. The van der Waals surface area contributed by atoms with Crippen LogP contribution in [0.15, 0.2) is 42.5 Å². The van der Waals surface area contributed by atoms with Crippen LogP contribution in [-0.2, 0) is 4.79 Å². The first-order valence-corrected chi connectivity index (χ1v) is 10.2. The van der Waals surface area contributed by atoms with Gasteiger partial charge in [-0.25, -0.2) is 4.98 Å². The van der Waals surface area contributed by atoms with E-state index in [9.17, 15) is 4.79 Å². The van der Waals surface area contributed by atoms with Gasteiger partial charge in [0.15, 0.2) is 6.61 Å². The van der Waals surface area contributed by atoms with Crippen molar-refractivity contribution in [3.8, 4) is 34.3 Å². The number of ether oxygens (including phenoxy) is 4. The summed E-state index contributed by atoms with van der Waals surface area (Å²) in [6.45, 7) is 5.05. The number of aromatic nitrogens is 1. The number of nitrogens with zero attached hydrogens (tertiary/aromatic N) is 2. The summed E-state index contributed by atoms with van der Waals surface area (Å²) in [5.74, 6) is 2.30. The predicted molar refractivity (Wildman–Crippen MR) is 120 cm³/mol. The van der Waals surface area contributed by atoms with Gasteiger partial charge >= 0.3 is 0 Å². The minimum Gasteiger partial charge on any atom is -0.497 e. The molecule has 0 spiro atoms. The van der Waals surface area contributed by atoms with E-state index in [1.54, 1.807) is 26.2 Å². The van der Waals surface area contributed by atoms with Gasteiger partial charge in [0.2, 0.25) is 5.88 Å². The molecule has 1 aromatic heterocycles. The molecular formula is C24H28N2O5. The maximum absolute atomic E-state index is 12.5. The van der Waals surface area contributed by atoms with Crippen molar-refractivity contribution >= 4 is 16.8 Å². The van der Waals surface area contributed by atoms with Gasteiger partial charge in [-0.1, -0.05) is 12.1 Å². The Morgan fingerprint density at radius 2 is 1.58 bits per heavy atom. The second-order valence-corrected chi connectivity index (χ2v) is 6.82. The summed E-state index contributed by atoms with van der Waals surface area (Å²) in [6, 6.07) is 13.2. The minimum atomic E-state index is -0.0928. The summed E-state index contributed by atoms with van der Waals surface area (Å²) in [5, 5.41) is 0.816. The Bertz CT molecular complexity index is 1050. The molecule has 0 aliphatic rings. The van der Waals surface area contributed by atoms with E-state index < -0.39 is 0 Å². The molecule has 164 valence electrons. The quantitative estimate of drug-likeness (QED) is 0.513. The Labute approximate surface area is 182 Å². The van der Waals surface area contributed by atoms with Crippen LogP contribution < -0.4 is 18.9 Å². The van der Waals surface area contributed by atoms with Gasteiger partial charge in [0, 0.05) is 36.2 Å². The largest absolute Gasteiger partial charge is 0.497 e. The molecule has 2 aromatic carbocycles. The highest BCUT2D eigenvalue weighted by Gasteiger charge is 2.17. The first-order valence-electron chi connectivity index (χ1n) is 10.2. The lowest BCUT2D eigenvalue weighted by Crippen LogP contribution is -2.34. The number of likely N-dealkylation sites (N-methyl/N-ethyl adjacent to an activating group) is 1. The van der Waals surface area contributed by atoms with Gasteiger partial charge < -0.3 is 23.8 Å². The van der Waals surface area contributed by atoms with E-state index in [0.717, 1.165) is 22.3 Å². The SMILES string of the molecule is CCN(CC)C(=O)COc1nc2cc(OC)cc(OC)c2cc1-c1ccc(OC)cc1. The Morgan fingerprint density at radius 3 is 2.16 bits per heavy atom. The fraction of sp³-hybridized carbons (Fsp3) is 0.333. The maximum Gasteiger partial charge on any atom is 0.260 e. The third kappa shape index (κ3) is 4.82. The van der Waals surface area contributed by atoms with Gasteiger partial charge in [-0.15, -0.1) is 0 Å². The molecular weight excluding hydrogens is 396 g/mol. The summed E-state index contributed by atoms with van der Waals surface area (Å²) in [6.07, 6.45) is 0. The topological polar surface area (TPSA) is 70.1 Å². The van der Waals surface area contributed by atoms with E-state index in [1.165, 1.54) is 0 Å². The molecule has 0 aliphatic carbocycles. The highest BCUT2D eigenvalue weighted by molar-refractivity contribution is 5.92. The Morgan fingerprint density at radius 1 is 0.903 bits per heavy atom. The van der Waals surface area contributed by atoms with E-state index >= 15 is 0 Å². The maximum atomic E-state index is 12.5. The van der Waals surface area contributed by atoms with Crippen molar-refractivity contribution in [2.75, 3.05) is 41.0 Å². The smallest absolute Gasteiger partial charge is 0.260 e. The molecule has 31 heavy (non-hydrogen) atoms. The number of benzene rings is 2. The molecule has 0 aliphatic heterocycles. The fourth-order valence-corrected chi connectivity index (χ4v) is 3.37. The molecule has 0 N–H and O–H groups in total. The molecule has 0 bridgehead atoms. The lowest BCUT2D eigenvalue weighted by atomic mass is 10.0. The van der Waals surface area contributed by atoms with E-state index in [-0.39, 0.29) is 12.5 Å². The fourth-order valence-electron chi connectivity index (χ4n) is 3.37. The lowest BCUT2D eigenvalue weighted by Gasteiger charge is -2.19. The standard InChI is InChI=1S/C24H28N2O5/c1-6-26(7-2)23(27)15-31-24-19(16-8-10-17(28-3)11-9-16)14-20-21(25-24)12-18(29-4)13-22(20)30-5/h8-14H,6-7,15H2,1-5H3.